The zero-order valence-corrected chi connectivity index (χ0v) is 9.37. The van der Waals surface area contributed by atoms with Crippen molar-refractivity contribution >= 4 is 22.0 Å². The van der Waals surface area contributed by atoms with E-state index in [-0.39, 0.29) is 0 Å². The Bertz CT molecular complexity index is 349. The molecule has 76 valence electrons. The van der Waals surface area contributed by atoms with Crippen molar-refractivity contribution in [3.05, 3.63) is 10.4 Å². The molecule has 0 spiro atoms. The first-order valence-corrected chi connectivity index (χ1v) is 5.55. The highest BCUT2D eigenvalue weighted by molar-refractivity contribution is 7.16. The Morgan fingerprint density at radius 1 is 1.57 bits per heavy atom. The third-order valence-electron chi connectivity index (χ3n) is 2.13. The summed E-state index contributed by atoms with van der Waals surface area (Å²) in [4.78, 5) is 1.20. The lowest BCUT2D eigenvalue weighted by molar-refractivity contribution is 0.805. The Labute approximate surface area is 88.5 Å². The molecule has 1 heterocycles. The normalized spacial score (nSPS) is 9.79. The van der Waals surface area contributed by atoms with Gasteiger partial charge in [-0.05, 0) is 12.8 Å². The average molecular weight is 209 g/mol. The van der Waals surface area contributed by atoms with E-state index < -0.39 is 0 Å². The van der Waals surface area contributed by atoms with Gasteiger partial charge < -0.3 is 11.1 Å². The fraction of sp³-hybridized carbons (Fsp3) is 0.500. The van der Waals surface area contributed by atoms with Crippen LogP contribution in [-0.4, -0.2) is 7.05 Å². The maximum atomic E-state index is 8.91. The molecule has 0 atom stereocenters. The van der Waals surface area contributed by atoms with Gasteiger partial charge in [0.15, 0.2) is 0 Å². The number of nitrogens with two attached hydrogens (primary N) is 1. The highest BCUT2D eigenvalue weighted by Crippen LogP contribution is 2.35. The average Bonchev–Trinajstić information content (AvgIpc) is 2.50. The van der Waals surface area contributed by atoms with Crippen molar-refractivity contribution in [2.45, 2.75) is 26.2 Å². The second-order valence-electron chi connectivity index (χ2n) is 3.10. The fourth-order valence-electron chi connectivity index (χ4n) is 1.39. The molecule has 0 aliphatic heterocycles. The number of nitrogens with one attached hydrogen (secondary N) is 1. The predicted molar refractivity (Wildman–Crippen MR) is 61.6 cm³/mol. The summed E-state index contributed by atoms with van der Waals surface area (Å²) < 4.78 is 0. The molecule has 0 bridgehead atoms. The van der Waals surface area contributed by atoms with Crippen molar-refractivity contribution < 1.29 is 0 Å². The van der Waals surface area contributed by atoms with Crippen molar-refractivity contribution in [1.82, 2.24) is 0 Å². The molecule has 1 aromatic heterocycles. The van der Waals surface area contributed by atoms with E-state index in [4.69, 9.17) is 11.0 Å². The van der Waals surface area contributed by atoms with Gasteiger partial charge in [-0.1, -0.05) is 13.3 Å². The van der Waals surface area contributed by atoms with Crippen LogP contribution in [0.4, 0.5) is 10.7 Å². The van der Waals surface area contributed by atoms with Gasteiger partial charge in [0.05, 0.1) is 5.69 Å². The summed E-state index contributed by atoms with van der Waals surface area (Å²) >= 11 is 1.52. The zero-order valence-electron chi connectivity index (χ0n) is 8.55. The minimum atomic E-state index is 0.601. The van der Waals surface area contributed by atoms with Gasteiger partial charge in [-0.2, -0.15) is 5.26 Å². The van der Waals surface area contributed by atoms with Crippen molar-refractivity contribution in [2.75, 3.05) is 18.1 Å². The second kappa shape index (κ2) is 4.87. The molecule has 0 saturated carbocycles. The quantitative estimate of drug-likeness (QED) is 0.801. The van der Waals surface area contributed by atoms with Gasteiger partial charge in [0.1, 0.15) is 16.6 Å². The SMILES string of the molecule is CCCCc1sc(N)c(C#N)c1NC. The van der Waals surface area contributed by atoms with Gasteiger partial charge in [0.2, 0.25) is 0 Å². The van der Waals surface area contributed by atoms with Gasteiger partial charge in [0.25, 0.3) is 0 Å². The molecule has 0 amide bonds. The third-order valence-corrected chi connectivity index (χ3v) is 3.21. The fourth-order valence-corrected chi connectivity index (χ4v) is 2.45. The van der Waals surface area contributed by atoms with Gasteiger partial charge >= 0.3 is 0 Å². The van der Waals surface area contributed by atoms with Crippen LogP contribution in [0.1, 0.15) is 30.2 Å². The number of anilines is 2. The summed E-state index contributed by atoms with van der Waals surface area (Å²) in [5.41, 5.74) is 7.28. The lowest BCUT2D eigenvalue weighted by Crippen LogP contribution is -1.94. The Balaban J connectivity index is 3.00. The largest absolute Gasteiger partial charge is 0.389 e. The standard InChI is InChI=1S/C10H15N3S/c1-3-4-5-8-9(13-2)7(6-11)10(12)14-8/h13H,3-5,12H2,1-2H3. The van der Waals surface area contributed by atoms with Crippen LogP contribution in [0.15, 0.2) is 0 Å². The highest BCUT2D eigenvalue weighted by Gasteiger charge is 2.14. The van der Waals surface area contributed by atoms with E-state index in [2.05, 4.69) is 18.3 Å². The Morgan fingerprint density at radius 2 is 2.29 bits per heavy atom. The Morgan fingerprint density at radius 3 is 2.79 bits per heavy atom. The summed E-state index contributed by atoms with van der Waals surface area (Å²) in [5, 5.41) is 12.6. The van der Waals surface area contributed by atoms with E-state index in [0.29, 0.717) is 10.6 Å². The van der Waals surface area contributed by atoms with Crippen molar-refractivity contribution in [3.63, 3.8) is 0 Å². The molecule has 0 saturated heterocycles. The van der Waals surface area contributed by atoms with Gasteiger partial charge in [0, 0.05) is 11.9 Å². The Hall–Kier alpha value is -1.21. The number of aryl methyl sites for hydroxylation is 1. The van der Waals surface area contributed by atoms with E-state index in [9.17, 15) is 0 Å². The van der Waals surface area contributed by atoms with Crippen molar-refractivity contribution in [1.29, 1.82) is 5.26 Å². The van der Waals surface area contributed by atoms with E-state index in [1.807, 2.05) is 7.05 Å². The summed E-state index contributed by atoms with van der Waals surface area (Å²) in [6, 6.07) is 2.13. The molecule has 1 aromatic rings. The number of nitriles is 1. The van der Waals surface area contributed by atoms with Crippen LogP contribution in [0, 0.1) is 11.3 Å². The molecule has 14 heavy (non-hydrogen) atoms. The molecule has 0 aromatic carbocycles. The van der Waals surface area contributed by atoms with Crippen molar-refractivity contribution in [2.24, 2.45) is 0 Å². The number of nitrogens with zero attached hydrogens (tertiary/aromatic N) is 1. The maximum absolute atomic E-state index is 8.91. The molecule has 0 aliphatic rings. The Kier molecular flexibility index (Phi) is 3.78. The van der Waals surface area contributed by atoms with E-state index >= 15 is 0 Å². The van der Waals surface area contributed by atoms with E-state index in [1.165, 1.54) is 16.2 Å². The van der Waals surface area contributed by atoms with E-state index in [0.717, 1.165) is 24.9 Å². The molecule has 4 heteroatoms. The van der Waals surface area contributed by atoms with Crippen LogP contribution in [0.3, 0.4) is 0 Å². The lowest BCUT2D eigenvalue weighted by Gasteiger charge is -2.01. The number of unbranched alkanes of at least 4 members (excludes halogenated alkanes) is 1. The summed E-state index contributed by atoms with van der Waals surface area (Å²) in [6.45, 7) is 2.15. The lowest BCUT2D eigenvalue weighted by atomic mass is 10.1. The van der Waals surface area contributed by atoms with Gasteiger partial charge in [-0.25, -0.2) is 0 Å². The first kappa shape index (κ1) is 10.9. The van der Waals surface area contributed by atoms with E-state index in [1.54, 1.807) is 0 Å². The molecule has 0 fully saturated rings. The topological polar surface area (TPSA) is 61.8 Å². The second-order valence-corrected chi connectivity index (χ2v) is 4.24. The first-order valence-electron chi connectivity index (χ1n) is 4.73. The molecular formula is C10H15N3S. The van der Waals surface area contributed by atoms with Crippen LogP contribution in [0.2, 0.25) is 0 Å². The number of hydrogen-bond donors (Lipinski definition) is 2. The molecule has 3 nitrogen and oxygen atoms in total. The predicted octanol–water partition coefficient (Wildman–Crippen LogP) is 2.59. The highest BCUT2D eigenvalue weighted by atomic mass is 32.1. The number of nitrogen functional groups attached to an aromatic ring is 1. The van der Waals surface area contributed by atoms with Crippen LogP contribution < -0.4 is 11.1 Å². The van der Waals surface area contributed by atoms with Crippen LogP contribution in [-0.2, 0) is 6.42 Å². The number of thiophene rings is 1. The number of rotatable bonds is 4. The summed E-state index contributed by atoms with van der Waals surface area (Å²) in [7, 11) is 1.83. The molecule has 0 aliphatic carbocycles. The minimum Gasteiger partial charge on any atom is -0.389 e. The van der Waals surface area contributed by atoms with Gasteiger partial charge in [-0.3, -0.25) is 0 Å². The molecule has 3 N–H and O–H groups in total. The summed E-state index contributed by atoms with van der Waals surface area (Å²) in [5.74, 6) is 0. The maximum Gasteiger partial charge on any atom is 0.109 e. The third kappa shape index (κ3) is 1.99. The summed E-state index contributed by atoms with van der Waals surface area (Å²) in [6.07, 6.45) is 3.30. The smallest absolute Gasteiger partial charge is 0.109 e. The van der Waals surface area contributed by atoms with Crippen LogP contribution in [0.5, 0.6) is 0 Å². The molecule has 0 unspecified atom stereocenters. The van der Waals surface area contributed by atoms with Crippen LogP contribution in [0.25, 0.3) is 0 Å². The monoisotopic (exact) mass is 209 g/mol. The zero-order chi connectivity index (χ0) is 10.6. The van der Waals surface area contributed by atoms with Gasteiger partial charge in [-0.15, -0.1) is 11.3 Å². The first-order chi connectivity index (χ1) is 6.74. The minimum absolute atomic E-state index is 0.601. The number of hydrogen-bond acceptors (Lipinski definition) is 4. The molecular weight excluding hydrogens is 194 g/mol. The van der Waals surface area contributed by atoms with Crippen molar-refractivity contribution in [3.8, 4) is 6.07 Å². The molecule has 1 rings (SSSR count). The van der Waals surface area contributed by atoms with Crippen LogP contribution >= 0.6 is 11.3 Å². The molecule has 0 radical (unpaired) electrons.